The maximum Gasteiger partial charge on any atom is 0.227 e. The fraction of sp³-hybridized carbons (Fsp3) is 0.929. The second-order valence-electron chi connectivity index (χ2n) is 5.68. The summed E-state index contributed by atoms with van der Waals surface area (Å²) < 4.78 is 10.9. The van der Waals surface area contributed by atoms with Crippen molar-refractivity contribution < 1.29 is 14.3 Å². The lowest BCUT2D eigenvalue weighted by Gasteiger charge is -2.31. The van der Waals surface area contributed by atoms with E-state index in [1.165, 1.54) is 12.8 Å². The molecule has 0 aromatic carbocycles. The average molecular weight is 270 g/mol. The van der Waals surface area contributed by atoms with Crippen LogP contribution in [0.3, 0.4) is 0 Å². The van der Waals surface area contributed by atoms with E-state index < -0.39 is 0 Å². The van der Waals surface area contributed by atoms with Gasteiger partial charge in [-0.2, -0.15) is 0 Å². The van der Waals surface area contributed by atoms with E-state index in [1.807, 2.05) is 0 Å². The van der Waals surface area contributed by atoms with Crippen molar-refractivity contribution in [3.63, 3.8) is 0 Å². The molecule has 1 atom stereocenters. The predicted molar refractivity (Wildman–Crippen MR) is 72.8 cm³/mol. The van der Waals surface area contributed by atoms with Crippen LogP contribution in [-0.4, -0.2) is 44.9 Å². The molecule has 1 aliphatic heterocycles. The van der Waals surface area contributed by atoms with Crippen molar-refractivity contribution in [1.82, 2.24) is 5.32 Å². The van der Waals surface area contributed by atoms with Crippen molar-refractivity contribution in [3.8, 4) is 0 Å². The molecule has 1 heterocycles. The molecule has 110 valence electrons. The third-order valence-corrected chi connectivity index (χ3v) is 4.31. The molecule has 1 saturated carbocycles. The van der Waals surface area contributed by atoms with Crippen LogP contribution in [-0.2, 0) is 14.3 Å². The summed E-state index contributed by atoms with van der Waals surface area (Å²) in [5.41, 5.74) is 5.55. The molecule has 1 amide bonds. The fourth-order valence-electron chi connectivity index (χ4n) is 2.98. The molecule has 0 spiro atoms. The van der Waals surface area contributed by atoms with E-state index in [-0.39, 0.29) is 17.4 Å². The van der Waals surface area contributed by atoms with Crippen molar-refractivity contribution in [2.75, 3.05) is 32.9 Å². The first-order valence-corrected chi connectivity index (χ1v) is 7.44. The van der Waals surface area contributed by atoms with Gasteiger partial charge in [-0.25, -0.2) is 0 Å². The van der Waals surface area contributed by atoms with Gasteiger partial charge in [0.1, 0.15) is 0 Å². The normalized spacial score (nSPS) is 27.5. The van der Waals surface area contributed by atoms with Gasteiger partial charge in [0.05, 0.1) is 31.3 Å². The molecule has 0 aromatic heterocycles. The summed E-state index contributed by atoms with van der Waals surface area (Å²) >= 11 is 0. The van der Waals surface area contributed by atoms with Crippen LogP contribution in [0.5, 0.6) is 0 Å². The molecule has 1 unspecified atom stereocenters. The van der Waals surface area contributed by atoms with Crippen LogP contribution in [0, 0.1) is 5.41 Å². The van der Waals surface area contributed by atoms with E-state index in [2.05, 4.69) is 5.32 Å². The van der Waals surface area contributed by atoms with Gasteiger partial charge in [0.15, 0.2) is 0 Å². The van der Waals surface area contributed by atoms with Crippen LogP contribution >= 0.6 is 0 Å². The summed E-state index contributed by atoms with van der Waals surface area (Å²) in [4.78, 5) is 12.5. The summed E-state index contributed by atoms with van der Waals surface area (Å²) in [6, 6.07) is 0. The number of rotatable bonds is 4. The Bertz CT molecular complexity index is 282. The molecule has 1 saturated heterocycles. The van der Waals surface area contributed by atoms with Gasteiger partial charge < -0.3 is 20.5 Å². The van der Waals surface area contributed by atoms with Crippen LogP contribution < -0.4 is 11.1 Å². The van der Waals surface area contributed by atoms with Gasteiger partial charge in [0.25, 0.3) is 0 Å². The number of carbonyl (C=O) groups is 1. The van der Waals surface area contributed by atoms with Crippen LogP contribution in [0.15, 0.2) is 0 Å². The van der Waals surface area contributed by atoms with Crippen LogP contribution in [0.1, 0.15) is 38.5 Å². The molecule has 0 aromatic rings. The predicted octanol–water partition coefficient (Wildman–Crippen LogP) is 0.817. The Balaban J connectivity index is 1.84. The Morgan fingerprint density at radius 2 is 1.95 bits per heavy atom. The van der Waals surface area contributed by atoms with Gasteiger partial charge in [-0.15, -0.1) is 0 Å². The van der Waals surface area contributed by atoms with Crippen molar-refractivity contribution in [3.05, 3.63) is 0 Å². The lowest BCUT2D eigenvalue weighted by Crippen LogP contribution is -2.49. The van der Waals surface area contributed by atoms with E-state index in [0.29, 0.717) is 32.9 Å². The van der Waals surface area contributed by atoms with Gasteiger partial charge in [-0.3, -0.25) is 4.79 Å². The Labute approximate surface area is 115 Å². The smallest absolute Gasteiger partial charge is 0.227 e. The maximum atomic E-state index is 12.5. The third-order valence-electron chi connectivity index (χ3n) is 4.31. The van der Waals surface area contributed by atoms with Gasteiger partial charge in [-0.05, 0) is 12.8 Å². The van der Waals surface area contributed by atoms with Crippen molar-refractivity contribution >= 4 is 5.91 Å². The molecular weight excluding hydrogens is 244 g/mol. The van der Waals surface area contributed by atoms with Gasteiger partial charge in [0.2, 0.25) is 5.91 Å². The number of ether oxygens (including phenoxy) is 2. The highest BCUT2D eigenvalue weighted by molar-refractivity contribution is 5.82. The van der Waals surface area contributed by atoms with Gasteiger partial charge in [-0.1, -0.05) is 25.7 Å². The van der Waals surface area contributed by atoms with Crippen molar-refractivity contribution in [2.45, 2.75) is 44.6 Å². The molecule has 2 aliphatic rings. The van der Waals surface area contributed by atoms with E-state index in [9.17, 15) is 4.79 Å². The molecule has 0 bridgehead atoms. The first kappa shape index (κ1) is 14.8. The highest BCUT2D eigenvalue weighted by Gasteiger charge is 2.37. The molecule has 3 N–H and O–H groups in total. The highest BCUT2D eigenvalue weighted by Crippen LogP contribution is 2.34. The maximum absolute atomic E-state index is 12.5. The minimum absolute atomic E-state index is 0.0155. The Morgan fingerprint density at radius 3 is 2.53 bits per heavy atom. The third kappa shape index (κ3) is 3.91. The monoisotopic (exact) mass is 270 g/mol. The SMILES string of the molecule is NCC1(C(=O)NCC2COCCO2)CCCCCC1. The summed E-state index contributed by atoms with van der Waals surface area (Å²) in [6.45, 7) is 2.80. The second kappa shape index (κ2) is 7.22. The Kier molecular flexibility index (Phi) is 5.60. The molecule has 5 heteroatoms. The number of hydrogen-bond acceptors (Lipinski definition) is 4. The first-order chi connectivity index (χ1) is 9.27. The molecule has 5 nitrogen and oxygen atoms in total. The molecule has 2 rings (SSSR count). The van der Waals surface area contributed by atoms with Gasteiger partial charge in [0, 0.05) is 13.1 Å². The van der Waals surface area contributed by atoms with E-state index >= 15 is 0 Å². The lowest BCUT2D eigenvalue weighted by atomic mass is 9.79. The van der Waals surface area contributed by atoms with Crippen molar-refractivity contribution in [2.24, 2.45) is 11.1 Å². The van der Waals surface area contributed by atoms with Crippen LogP contribution in [0.2, 0.25) is 0 Å². The van der Waals surface area contributed by atoms with Crippen LogP contribution in [0.25, 0.3) is 0 Å². The minimum atomic E-state index is -0.355. The zero-order valence-electron chi connectivity index (χ0n) is 11.7. The highest BCUT2D eigenvalue weighted by atomic mass is 16.6. The summed E-state index contributed by atoms with van der Waals surface area (Å²) in [7, 11) is 0. The Hall–Kier alpha value is -0.650. The topological polar surface area (TPSA) is 73.6 Å². The number of nitrogens with two attached hydrogens (primary N) is 1. The van der Waals surface area contributed by atoms with E-state index in [0.717, 1.165) is 25.7 Å². The number of carbonyl (C=O) groups excluding carboxylic acids is 1. The van der Waals surface area contributed by atoms with E-state index in [1.54, 1.807) is 0 Å². The zero-order valence-corrected chi connectivity index (χ0v) is 11.7. The molecule has 1 aliphatic carbocycles. The Morgan fingerprint density at radius 1 is 1.21 bits per heavy atom. The average Bonchev–Trinajstić information content (AvgIpc) is 2.72. The molecule has 19 heavy (non-hydrogen) atoms. The number of amides is 1. The summed E-state index contributed by atoms with van der Waals surface area (Å²) in [5, 5.41) is 3.02. The summed E-state index contributed by atoms with van der Waals surface area (Å²) in [5.74, 6) is 0.103. The van der Waals surface area contributed by atoms with Crippen molar-refractivity contribution in [1.29, 1.82) is 0 Å². The number of hydrogen-bond donors (Lipinski definition) is 2. The summed E-state index contributed by atoms with van der Waals surface area (Å²) in [6.07, 6.45) is 6.46. The van der Waals surface area contributed by atoms with Crippen LogP contribution in [0.4, 0.5) is 0 Å². The number of nitrogens with one attached hydrogen (secondary N) is 1. The molecular formula is C14H26N2O3. The fourth-order valence-corrected chi connectivity index (χ4v) is 2.98. The molecule has 0 radical (unpaired) electrons. The second-order valence-corrected chi connectivity index (χ2v) is 5.68. The largest absolute Gasteiger partial charge is 0.376 e. The lowest BCUT2D eigenvalue weighted by molar-refractivity contribution is -0.133. The quantitative estimate of drug-likeness (QED) is 0.742. The first-order valence-electron chi connectivity index (χ1n) is 7.44. The standard InChI is InChI=1S/C14H26N2O3/c15-11-14(5-3-1-2-4-6-14)13(17)16-9-12-10-18-7-8-19-12/h12H,1-11,15H2,(H,16,17). The van der Waals surface area contributed by atoms with E-state index in [4.69, 9.17) is 15.2 Å². The zero-order chi connectivity index (χ0) is 13.6. The minimum Gasteiger partial charge on any atom is -0.376 e. The van der Waals surface area contributed by atoms with Gasteiger partial charge >= 0.3 is 0 Å². The molecule has 2 fully saturated rings.